The number of β-amino-alcohol motifs (C(OH)–C–C–N with tert-alkyl or cyclic N) is 1. The van der Waals surface area contributed by atoms with Crippen LogP contribution in [0.25, 0.3) is 0 Å². The smallest absolute Gasteiger partial charge is 0.257 e. The third kappa shape index (κ3) is 5.24. The van der Waals surface area contributed by atoms with E-state index in [1.807, 2.05) is 0 Å². The second-order valence-electron chi connectivity index (χ2n) is 7.75. The molecule has 30 heavy (non-hydrogen) atoms. The zero-order valence-electron chi connectivity index (χ0n) is 17.5. The highest BCUT2D eigenvalue weighted by molar-refractivity contribution is 6.31. The summed E-state index contributed by atoms with van der Waals surface area (Å²) in [6.45, 7) is 2.52. The summed E-state index contributed by atoms with van der Waals surface area (Å²) >= 11 is 6.07. The molecule has 2 atom stereocenters. The maximum Gasteiger partial charge on any atom is 0.257 e. The van der Waals surface area contributed by atoms with Crippen LogP contribution in [0.15, 0.2) is 18.2 Å². The highest BCUT2D eigenvalue weighted by Crippen LogP contribution is 2.29. The molecule has 2 heterocycles. The van der Waals surface area contributed by atoms with Crippen LogP contribution in [0.3, 0.4) is 0 Å². The number of piperidine rings is 1. The number of rotatable bonds is 7. The number of nitrogens with one attached hydrogen (secondary N) is 1. The predicted molar refractivity (Wildman–Crippen MR) is 113 cm³/mol. The van der Waals surface area contributed by atoms with Crippen molar-refractivity contribution in [1.29, 1.82) is 0 Å². The summed E-state index contributed by atoms with van der Waals surface area (Å²) in [6, 6.07) is 4.81. The number of hydrogen-bond acceptors (Lipinski definition) is 6. The Morgan fingerprint density at radius 3 is 2.67 bits per heavy atom. The lowest BCUT2D eigenvalue weighted by Gasteiger charge is -2.39. The number of ether oxygens (including phenoxy) is 2. The summed E-state index contributed by atoms with van der Waals surface area (Å²) in [5.74, 6) is 0.316. The maximum atomic E-state index is 13.0. The molecule has 2 aliphatic rings. The van der Waals surface area contributed by atoms with Crippen molar-refractivity contribution >= 4 is 23.4 Å². The minimum atomic E-state index is -0.515. The highest BCUT2D eigenvalue weighted by Gasteiger charge is 2.41. The SMILES string of the molecule is COCCNC(=O)[C@@H]1C[C@@H](O)CN1C1CCN(C(=O)c2cc(Cl)ccc2OC)CC1. The molecule has 0 aromatic heterocycles. The number of nitrogens with zero attached hydrogens (tertiary/aromatic N) is 2. The Kier molecular flexibility index (Phi) is 7.93. The number of methoxy groups -OCH3 is 2. The van der Waals surface area contributed by atoms with E-state index >= 15 is 0 Å². The second kappa shape index (κ2) is 10.4. The molecule has 0 aliphatic carbocycles. The first-order valence-corrected chi connectivity index (χ1v) is 10.7. The summed E-state index contributed by atoms with van der Waals surface area (Å²) in [4.78, 5) is 29.4. The van der Waals surface area contributed by atoms with E-state index in [9.17, 15) is 14.7 Å². The van der Waals surface area contributed by atoms with Gasteiger partial charge in [-0.05, 0) is 37.5 Å². The first-order valence-electron chi connectivity index (χ1n) is 10.3. The van der Waals surface area contributed by atoms with E-state index in [1.54, 1.807) is 30.2 Å². The van der Waals surface area contributed by atoms with Gasteiger partial charge in [0, 0.05) is 44.4 Å². The second-order valence-corrected chi connectivity index (χ2v) is 8.19. The molecule has 8 nitrogen and oxygen atoms in total. The lowest BCUT2D eigenvalue weighted by atomic mass is 10.0. The zero-order valence-corrected chi connectivity index (χ0v) is 18.2. The Hall–Kier alpha value is -1.87. The first kappa shape index (κ1) is 22.8. The van der Waals surface area contributed by atoms with Gasteiger partial charge in [-0.15, -0.1) is 0 Å². The number of halogens is 1. The van der Waals surface area contributed by atoms with Crippen LogP contribution in [-0.4, -0.2) is 91.9 Å². The molecule has 2 fully saturated rings. The number of carbonyl (C=O) groups is 2. The fourth-order valence-corrected chi connectivity index (χ4v) is 4.48. The minimum absolute atomic E-state index is 0.0780. The third-order valence-corrected chi connectivity index (χ3v) is 6.07. The van der Waals surface area contributed by atoms with E-state index in [0.717, 1.165) is 12.8 Å². The van der Waals surface area contributed by atoms with Gasteiger partial charge < -0.3 is 24.8 Å². The molecule has 1 aromatic carbocycles. The predicted octanol–water partition coefficient (Wildman–Crippen LogP) is 1.15. The summed E-state index contributed by atoms with van der Waals surface area (Å²) in [6.07, 6.45) is 1.39. The molecule has 2 amide bonds. The van der Waals surface area contributed by atoms with Gasteiger partial charge in [-0.3, -0.25) is 14.5 Å². The van der Waals surface area contributed by atoms with E-state index in [0.29, 0.717) is 55.5 Å². The van der Waals surface area contributed by atoms with Crippen molar-refractivity contribution in [3.8, 4) is 5.75 Å². The number of likely N-dealkylation sites (tertiary alicyclic amines) is 2. The van der Waals surface area contributed by atoms with Gasteiger partial charge in [0.1, 0.15) is 5.75 Å². The molecular weight excluding hydrogens is 410 g/mol. The van der Waals surface area contributed by atoms with Crippen molar-refractivity contribution < 1.29 is 24.2 Å². The van der Waals surface area contributed by atoms with Crippen LogP contribution in [0.1, 0.15) is 29.6 Å². The molecule has 2 saturated heterocycles. The summed E-state index contributed by atoms with van der Waals surface area (Å²) < 4.78 is 10.3. The monoisotopic (exact) mass is 439 g/mol. The van der Waals surface area contributed by atoms with Crippen LogP contribution in [0.5, 0.6) is 5.75 Å². The average Bonchev–Trinajstić information content (AvgIpc) is 3.15. The summed E-state index contributed by atoms with van der Waals surface area (Å²) in [5.41, 5.74) is 0.454. The number of carbonyl (C=O) groups excluding carboxylic acids is 2. The quantitative estimate of drug-likeness (QED) is 0.619. The van der Waals surface area contributed by atoms with Gasteiger partial charge in [-0.25, -0.2) is 0 Å². The van der Waals surface area contributed by atoms with Gasteiger partial charge in [0.2, 0.25) is 5.91 Å². The molecule has 2 aliphatic heterocycles. The number of aliphatic hydroxyl groups excluding tert-OH is 1. The van der Waals surface area contributed by atoms with Gasteiger partial charge >= 0.3 is 0 Å². The fraction of sp³-hybridized carbons (Fsp3) is 0.619. The van der Waals surface area contributed by atoms with Gasteiger partial charge in [-0.2, -0.15) is 0 Å². The van der Waals surface area contributed by atoms with Crippen LogP contribution in [0.2, 0.25) is 5.02 Å². The lowest BCUT2D eigenvalue weighted by molar-refractivity contribution is -0.126. The Morgan fingerprint density at radius 2 is 2.00 bits per heavy atom. The Balaban J connectivity index is 1.61. The third-order valence-electron chi connectivity index (χ3n) is 5.84. The molecule has 166 valence electrons. The van der Waals surface area contributed by atoms with Gasteiger partial charge in [0.05, 0.1) is 31.4 Å². The molecule has 0 radical (unpaired) electrons. The van der Waals surface area contributed by atoms with E-state index in [1.165, 1.54) is 7.11 Å². The standard InChI is InChI=1S/C21H30ClN3O5/c1-29-10-7-23-20(27)18-12-16(26)13-25(18)15-5-8-24(9-6-15)21(28)17-11-14(22)3-4-19(17)30-2/h3-4,11,15-16,18,26H,5-10,12-13H2,1-2H3,(H,23,27)/t16-,18+/m1/s1. The molecule has 0 spiro atoms. The van der Waals surface area contributed by atoms with E-state index in [2.05, 4.69) is 10.2 Å². The average molecular weight is 440 g/mol. The lowest BCUT2D eigenvalue weighted by Crippen LogP contribution is -2.52. The van der Waals surface area contributed by atoms with Crippen LogP contribution in [0, 0.1) is 0 Å². The van der Waals surface area contributed by atoms with Gasteiger partial charge in [-0.1, -0.05) is 11.6 Å². The molecule has 9 heteroatoms. The van der Waals surface area contributed by atoms with E-state index < -0.39 is 6.10 Å². The number of hydrogen-bond donors (Lipinski definition) is 2. The van der Waals surface area contributed by atoms with Crippen molar-refractivity contribution in [2.24, 2.45) is 0 Å². The van der Waals surface area contributed by atoms with Crippen LogP contribution in [0.4, 0.5) is 0 Å². The summed E-state index contributed by atoms with van der Waals surface area (Å²) in [5, 5.41) is 13.5. The van der Waals surface area contributed by atoms with Crippen LogP contribution < -0.4 is 10.1 Å². The van der Waals surface area contributed by atoms with Crippen molar-refractivity contribution in [3.05, 3.63) is 28.8 Å². The first-order chi connectivity index (χ1) is 14.4. The van der Waals surface area contributed by atoms with Gasteiger partial charge in [0.25, 0.3) is 5.91 Å². The normalized spacial score (nSPS) is 22.9. The van der Waals surface area contributed by atoms with Crippen molar-refractivity contribution in [3.63, 3.8) is 0 Å². The molecule has 0 bridgehead atoms. The van der Waals surface area contributed by atoms with E-state index in [-0.39, 0.29) is 23.9 Å². The highest BCUT2D eigenvalue weighted by atomic mass is 35.5. The maximum absolute atomic E-state index is 13.0. The molecule has 3 rings (SSSR count). The largest absolute Gasteiger partial charge is 0.496 e. The minimum Gasteiger partial charge on any atom is -0.496 e. The van der Waals surface area contributed by atoms with Crippen molar-refractivity contribution in [2.45, 2.75) is 37.5 Å². The Morgan fingerprint density at radius 1 is 1.27 bits per heavy atom. The number of benzene rings is 1. The topological polar surface area (TPSA) is 91.3 Å². The van der Waals surface area contributed by atoms with Crippen LogP contribution in [-0.2, 0) is 9.53 Å². The molecular formula is C21H30ClN3O5. The molecule has 2 N–H and O–H groups in total. The Bertz CT molecular complexity index is 754. The fourth-order valence-electron chi connectivity index (χ4n) is 4.31. The number of amides is 2. The number of aliphatic hydroxyl groups is 1. The summed E-state index contributed by atoms with van der Waals surface area (Å²) in [7, 11) is 3.12. The van der Waals surface area contributed by atoms with Gasteiger partial charge in [0.15, 0.2) is 0 Å². The van der Waals surface area contributed by atoms with E-state index in [4.69, 9.17) is 21.1 Å². The molecule has 0 unspecified atom stereocenters. The Labute approximate surface area is 182 Å². The molecule has 0 saturated carbocycles. The zero-order chi connectivity index (χ0) is 21.7. The molecule has 1 aromatic rings. The van der Waals surface area contributed by atoms with Crippen molar-refractivity contribution in [2.75, 3.05) is 47.0 Å². The van der Waals surface area contributed by atoms with Crippen LogP contribution >= 0.6 is 11.6 Å². The van der Waals surface area contributed by atoms with Crippen molar-refractivity contribution in [1.82, 2.24) is 15.1 Å².